The summed E-state index contributed by atoms with van der Waals surface area (Å²) in [6, 6.07) is 3.46. The fraction of sp³-hybridized carbons (Fsp3) is 0.467. The van der Waals surface area contributed by atoms with Crippen LogP contribution in [0.1, 0.15) is 31.2 Å². The van der Waals surface area contributed by atoms with Gasteiger partial charge in [0.05, 0.1) is 25.2 Å². The van der Waals surface area contributed by atoms with Gasteiger partial charge in [0.1, 0.15) is 5.69 Å². The highest BCUT2D eigenvalue weighted by Crippen LogP contribution is 2.31. The van der Waals surface area contributed by atoms with Gasteiger partial charge in [-0.2, -0.15) is 5.26 Å². The van der Waals surface area contributed by atoms with Crippen LogP contribution in [-0.4, -0.2) is 25.7 Å². The van der Waals surface area contributed by atoms with Crippen LogP contribution in [0.5, 0.6) is 0 Å². The lowest BCUT2D eigenvalue weighted by molar-refractivity contribution is -0.141. The SMILES string of the molecule is COC(=O)CC1CCCCN1c1c(F)cc(C#N)cc1F. The van der Waals surface area contributed by atoms with Crippen LogP contribution in [0.25, 0.3) is 0 Å². The quantitative estimate of drug-likeness (QED) is 0.804. The van der Waals surface area contributed by atoms with Gasteiger partial charge in [0, 0.05) is 12.6 Å². The van der Waals surface area contributed by atoms with Gasteiger partial charge >= 0.3 is 5.97 Å². The molecule has 1 heterocycles. The van der Waals surface area contributed by atoms with E-state index in [0.717, 1.165) is 25.0 Å². The minimum atomic E-state index is -0.775. The second-order valence-electron chi connectivity index (χ2n) is 5.02. The van der Waals surface area contributed by atoms with Gasteiger partial charge in [0.15, 0.2) is 11.6 Å². The van der Waals surface area contributed by atoms with Crippen molar-refractivity contribution in [2.75, 3.05) is 18.6 Å². The zero-order valence-electron chi connectivity index (χ0n) is 11.7. The highest BCUT2D eigenvalue weighted by Gasteiger charge is 2.29. The van der Waals surface area contributed by atoms with Gasteiger partial charge in [0.2, 0.25) is 0 Å². The Bertz CT molecular complexity index is 561. The molecule has 1 fully saturated rings. The highest BCUT2D eigenvalue weighted by atomic mass is 19.1. The van der Waals surface area contributed by atoms with Crippen LogP contribution in [0.2, 0.25) is 0 Å². The Kier molecular flexibility index (Phi) is 4.73. The van der Waals surface area contributed by atoms with Gasteiger partial charge in [-0.3, -0.25) is 4.79 Å². The molecule has 0 bridgehead atoms. The lowest BCUT2D eigenvalue weighted by Crippen LogP contribution is -2.42. The van der Waals surface area contributed by atoms with Gasteiger partial charge in [0.25, 0.3) is 0 Å². The average Bonchev–Trinajstić information content (AvgIpc) is 2.47. The number of carbonyl (C=O) groups excluding carboxylic acids is 1. The van der Waals surface area contributed by atoms with Crippen LogP contribution in [0.3, 0.4) is 0 Å². The van der Waals surface area contributed by atoms with E-state index in [1.807, 2.05) is 0 Å². The van der Waals surface area contributed by atoms with Crippen molar-refractivity contribution >= 4 is 11.7 Å². The Morgan fingerprint density at radius 3 is 2.67 bits per heavy atom. The zero-order chi connectivity index (χ0) is 15.4. The summed E-state index contributed by atoms with van der Waals surface area (Å²) in [5.74, 6) is -1.95. The van der Waals surface area contributed by atoms with Crippen molar-refractivity contribution in [3.63, 3.8) is 0 Å². The predicted octanol–water partition coefficient (Wildman–Crippen LogP) is 2.76. The molecule has 0 radical (unpaired) electrons. The van der Waals surface area contributed by atoms with Crippen molar-refractivity contribution in [1.29, 1.82) is 5.26 Å². The molecule has 0 spiro atoms. The highest BCUT2D eigenvalue weighted by molar-refractivity contribution is 5.71. The van der Waals surface area contributed by atoms with Crippen LogP contribution in [0, 0.1) is 23.0 Å². The number of methoxy groups -OCH3 is 1. The van der Waals surface area contributed by atoms with E-state index in [1.54, 1.807) is 11.0 Å². The number of esters is 1. The minimum Gasteiger partial charge on any atom is -0.469 e. The minimum absolute atomic E-state index is 0.0599. The molecule has 1 aliphatic heterocycles. The number of nitrogens with zero attached hydrogens (tertiary/aromatic N) is 2. The van der Waals surface area contributed by atoms with Gasteiger partial charge in [-0.05, 0) is 31.4 Å². The van der Waals surface area contributed by atoms with E-state index >= 15 is 0 Å². The van der Waals surface area contributed by atoms with Crippen LogP contribution < -0.4 is 4.90 Å². The summed E-state index contributed by atoms with van der Waals surface area (Å²) in [7, 11) is 1.29. The van der Waals surface area contributed by atoms with Crippen LogP contribution >= 0.6 is 0 Å². The molecule has 21 heavy (non-hydrogen) atoms. The number of nitriles is 1. The van der Waals surface area contributed by atoms with Crippen molar-refractivity contribution in [1.82, 2.24) is 0 Å². The summed E-state index contributed by atoms with van der Waals surface area (Å²) in [5.41, 5.74) is -0.224. The van der Waals surface area contributed by atoms with E-state index in [2.05, 4.69) is 4.74 Å². The summed E-state index contributed by atoms with van der Waals surface area (Å²) >= 11 is 0. The lowest BCUT2D eigenvalue weighted by Gasteiger charge is -2.37. The summed E-state index contributed by atoms with van der Waals surface area (Å²) in [4.78, 5) is 13.0. The standard InChI is InChI=1S/C15H16F2N2O2/c1-21-14(20)8-11-4-2-3-5-19(11)15-12(16)6-10(9-18)7-13(15)17/h6-7,11H,2-5,8H2,1H3. The maximum Gasteiger partial charge on any atom is 0.307 e. The summed E-state index contributed by atoms with van der Waals surface area (Å²) in [6.07, 6.45) is 2.47. The Balaban J connectivity index is 2.33. The Labute approximate surface area is 121 Å². The Morgan fingerprint density at radius 2 is 2.10 bits per heavy atom. The second-order valence-corrected chi connectivity index (χ2v) is 5.02. The molecular weight excluding hydrogens is 278 g/mol. The molecule has 1 aliphatic rings. The molecule has 0 saturated carbocycles. The van der Waals surface area contributed by atoms with E-state index in [9.17, 15) is 13.6 Å². The van der Waals surface area contributed by atoms with Crippen LogP contribution in [0.4, 0.5) is 14.5 Å². The summed E-state index contributed by atoms with van der Waals surface area (Å²) in [6.45, 7) is 0.474. The Morgan fingerprint density at radius 1 is 1.43 bits per heavy atom. The normalized spacial score (nSPS) is 18.2. The predicted molar refractivity (Wildman–Crippen MR) is 72.7 cm³/mol. The molecule has 2 rings (SSSR count). The third-order valence-corrected chi connectivity index (χ3v) is 3.69. The first-order chi connectivity index (χ1) is 10.1. The van der Waals surface area contributed by atoms with Crippen molar-refractivity contribution in [2.45, 2.75) is 31.7 Å². The monoisotopic (exact) mass is 294 g/mol. The molecule has 1 saturated heterocycles. The summed E-state index contributed by atoms with van der Waals surface area (Å²) < 4.78 is 32.9. The van der Waals surface area contributed by atoms with E-state index in [1.165, 1.54) is 7.11 Å². The lowest BCUT2D eigenvalue weighted by atomic mass is 9.98. The largest absolute Gasteiger partial charge is 0.469 e. The van der Waals surface area contributed by atoms with Gasteiger partial charge < -0.3 is 9.64 Å². The number of ether oxygens (including phenoxy) is 1. The number of anilines is 1. The average molecular weight is 294 g/mol. The van der Waals surface area contributed by atoms with Crippen molar-refractivity contribution in [2.24, 2.45) is 0 Å². The van der Waals surface area contributed by atoms with Gasteiger partial charge in [-0.25, -0.2) is 8.78 Å². The van der Waals surface area contributed by atoms with Crippen molar-refractivity contribution in [3.8, 4) is 6.07 Å². The summed E-state index contributed by atoms with van der Waals surface area (Å²) in [5, 5.41) is 8.73. The molecule has 6 heteroatoms. The maximum absolute atomic E-state index is 14.1. The molecule has 0 amide bonds. The van der Waals surface area contributed by atoms with Crippen molar-refractivity contribution in [3.05, 3.63) is 29.3 Å². The molecule has 1 unspecified atom stereocenters. The van der Waals surface area contributed by atoms with Crippen LogP contribution in [0.15, 0.2) is 12.1 Å². The zero-order valence-corrected chi connectivity index (χ0v) is 11.7. The van der Waals surface area contributed by atoms with Gasteiger partial charge in [-0.1, -0.05) is 0 Å². The third-order valence-electron chi connectivity index (χ3n) is 3.69. The van der Waals surface area contributed by atoms with Crippen LogP contribution in [-0.2, 0) is 9.53 Å². The molecular formula is C15H16F2N2O2. The number of benzene rings is 1. The molecule has 4 nitrogen and oxygen atoms in total. The topological polar surface area (TPSA) is 53.3 Å². The van der Waals surface area contributed by atoms with E-state index < -0.39 is 17.6 Å². The number of carbonyl (C=O) groups is 1. The smallest absolute Gasteiger partial charge is 0.307 e. The van der Waals surface area contributed by atoms with Crippen molar-refractivity contribution < 1.29 is 18.3 Å². The first kappa shape index (κ1) is 15.2. The molecule has 0 aromatic heterocycles. The number of hydrogen-bond donors (Lipinski definition) is 0. The number of piperidine rings is 1. The molecule has 0 N–H and O–H groups in total. The van der Waals surface area contributed by atoms with Gasteiger partial charge in [-0.15, -0.1) is 0 Å². The van der Waals surface area contributed by atoms with E-state index in [-0.39, 0.29) is 23.7 Å². The Hall–Kier alpha value is -2.16. The van der Waals surface area contributed by atoms with E-state index in [4.69, 9.17) is 5.26 Å². The molecule has 1 aromatic rings. The number of halogens is 2. The third kappa shape index (κ3) is 3.30. The fourth-order valence-electron chi connectivity index (χ4n) is 2.69. The first-order valence-electron chi connectivity index (χ1n) is 6.79. The molecule has 1 aromatic carbocycles. The maximum atomic E-state index is 14.1. The molecule has 0 aliphatic carbocycles. The molecule has 1 atom stereocenters. The first-order valence-corrected chi connectivity index (χ1v) is 6.79. The number of hydrogen-bond acceptors (Lipinski definition) is 4. The second kappa shape index (κ2) is 6.53. The number of rotatable bonds is 3. The molecule has 112 valence electrons. The fourth-order valence-corrected chi connectivity index (χ4v) is 2.69. The van der Waals surface area contributed by atoms with E-state index in [0.29, 0.717) is 13.0 Å².